The topological polar surface area (TPSA) is 85.2 Å². The average Bonchev–Trinajstić information content (AvgIpc) is 3.29. The molecule has 154 valence electrons. The maximum absolute atomic E-state index is 12.9. The van der Waals surface area contributed by atoms with E-state index in [0.717, 1.165) is 20.8 Å². The van der Waals surface area contributed by atoms with Crippen LogP contribution in [0.1, 0.15) is 13.8 Å². The van der Waals surface area contributed by atoms with Crippen LogP contribution < -0.4 is 10.4 Å². The third-order valence-corrected chi connectivity index (χ3v) is 5.34. The lowest BCUT2D eigenvalue weighted by atomic mass is 10.1. The fourth-order valence-electron chi connectivity index (χ4n) is 3.13. The van der Waals surface area contributed by atoms with Crippen molar-refractivity contribution in [2.75, 3.05) is 18.2 Å². The minimum Gasteiger partial charge on any atom is -0.449 e. The van der Waals surface area contributed by atoms with Crippen molar-refractivity contribution in [1.29, 1.82) is 0 Å². The number of carbonyl (C=O) groups is 2. The summed E-state index contributed by atoms with van der Waals surface area (Å²) in [5.74, 6) is 0.375. The summed E-state index contributed by atoms with van der Waals surface area (Å²) in [4.78, 5) is 30.6. The molecule has 2 aromatic heterocycles. The summed E-state index contributed by atoms with van der Waals surface area (Å²) in [6.07, 6.45) is -1.50. The van der Waals surface area contributed by atoms with Gasteiger partial charge in [0.2, 0.25) is 0 Å². The second-order valence-electron chi connectivity index (χ2n) is 6.20. The molecule has 0 unspecified atom stereocenters. The maximum atomic E-state index is 12.9. The summed E-state index contributed by atoms with van der Waals surface area (Å²) in [5.41, 5.74) is 4.70. The Morgan fingerprint density at radius 3 is 2.47 bits per heavy atom. The van der Waals surface area contributed by atoms with Crippen molar-refractivity contribution in [2.24, 2.45) is 0 Å². The van der Waals surface area contributed by atoms with Gasteiger partial charge in [0.1, 0.15) is 5.69 Å². The van der Waals surface area contributed by atoms with Crippen molar-refractivity contribution in [2.45, 2.75) is 13.8 Å². The van der Waals surface area contributed by atoms with E-state index in [1.54, 1.807) is 13.8 Å². The van der Waals surface area contributed by atoms with Crippen LogP contribution in [0.15, 0.2) is 54.6 Å². The molecule has 2 amide bonds. The summed E-state index contributed by atoms with van der Waals surface area (Å²) in [6, 6.07) is 17.2. The van der Waals surface area contributed by atoms with E-state index in [1.807, 2.05) is 59.0 Å². The van der Waals surface area contributed by atoms with E-state index < -0.39 is 12.2 Å². The number of nitrogens with one attached hydrogen (secondary N) is 1. The minimum absolute atomic E-state index is 0.146. The summed E-state index contributed by atoms with van der Waals surface area (Å²) < 4.78 is 13.1. The van der Waals surface area contributed by atoms with Gasteiger partial charge in [-0.25, -0.2) is 20.0 Å². The number of fused-ring (bicyclic) bond motifs is 3. The van der Waals surface area contributed by atoms with Crippen molar-refractivity contribution < 1.29 is 19.1 Å². The molecule has 0 saturated heterocycles. The lowest BCUT2D eigenvalue weighted by molar-refractivity contribution is 0.138. The highest BCUT2D eigenvalue weighted by Crippen LogP contribution is 2.37. The first-order valence-corrected chi connectivity index (χ1v) is 10.3. The molecule has 2 aromatic carbocycles. The fraction of sp³-hybridized carbons (Fsp3) is 0.190. The van der Waals surface area contributed by atoms with E-state index in [-0.39, 0.29) is 13.2 Å². The summed E-state index contributed by atoms with van der Waals surface area (Å²) >= 11 is 1.49. The molecule has 4 aromatic rings. The van der Waals surface area contributed by atoms with Crippen LogP contribution in [-0.2, 0) is 9.47 Å². The van der Waals surface area contributed by atoms with Gasteiger partial charge in [-0.1, -0.05) is 53.8 Å². The number of rotatable bonds is 4. The Morgan fingerprint density at radius 1 is 1.03 bits per heavy atom. The number of carbonyl (C=O) groups excluding carboxylic acids is 2. The molecule has 0 radical (unpaired) electrons. The first-order chi connectivity index (χ1) is 14.6. The molecule has 0 fully saturated rings. The number of hydrazine groups is 1. The van der Waals surface area contributed by atoms with Gasteiger partial charge in [-0.3, -0.25) is 4.40 Å². The monoisotopic (exact) mass is 424 g/mol. The number of imidazole rings is 1. The Morgan fingerprint density at radius 2 is 1.73 bits per heavy atom. The van der Waals surface area contributed by atoms with Crippen molar-refractivity contribution in [3.05, 3.63) is 54.6 Å². The number of para-hydroxylation sites is 1. The molecule has 4 rings (SSSR count). The number of amides is 2. The molecular weight excluding hydrogens is 404 g/mol. The highest BCUT2D eigenvalue weighted by atomic mass is 32.1. The van der Waals surface area contributed by atoms with E-state index in [2.05, 4.69) is 5.43 Å². The van der Waals surface area contributed by atoms with Crippen LogP contribution in [0.25, 0.3) is 26.4 Å². The zero-order chi connectivity index (χ0) is 21.1. The highest BCUT2D eigenvalue weighted by Gasteiger charge is 2.30. The molecule has 8 nitrogen and oxygen atoms in total. The van der Waals surface area contributed by atoms with Crippen molar-refractivity contribution >= 4 is 44.5 Å². The normalized spacial score (nSPS) is 10.9. The molecular formula is C21H20N4O4S. The number of anilines is 1. The fourth-order valence-corrected chi connectivity index (χ4v) is 4.15. The number of ether oxygens (including phenoxy) is 2. The van der Waals surface area contributed by atoms with Crippen LogP contribution in [0, 0.1) is 0 Å². The van der Waals surface area contributed by atoms with Gasteiger partial charge in [-0.15, -0.1) is 0 Å². The van der Waals surface area contributed by atoms with Gasteiger partial charge < -0.3 is 9.47 Å². The number of hydrogen-bond acceptors (Lipinski definition) is 6. The van der Waals surface area contributed by atoms with Gasteiger partial charge in [-0.05, 0) is 26.0 Å². The van der Waals surface area contributed by atoms with Crippen LogP contribution in [0.5, 0.6) is 0 Å². The largest absolute Gasteiger partial charge is 0.449 e. The molecule has 9 heteroatoms. The van der Waals surface area contributed by atoms with Crippen LogP contribution in [0.2, 0.25) is 0 Å². The number of thiazole rings is 1. The van der Waals surface area contributed by atoms with Crippen LogP contribution >= 0.6 is 11.3 Å². The minimum atomic E-state index is -0.765. The molecule has 0 saturated carbocycles. The Hall–Kier alpha value is -3.59. The van der Waals surface area contributed by atoms with Crippen LogP contribution in [0.4, 0.5) is 15.4 Å². The van der Waals surface area contributed by atoms with Gasteiger partial charge in [0.25, 0.3) is 0 Å². The maximum Gasteiger partial charge on any atom is 0.435 e. The molecule has 0 aliphatic rings. The van der Waals surface area contributed by atoms with Crippen molar-refractivity contribution in [3.8, 4) is 11.3 Å². The third kappa shape index (κ3) is 3.55. The van der Waals surface area contributed by atoms with Crippen molar-refractivity contribution in [3.63, 3.8) is 0 Å². The smallest absolute Gasteiger partial charge is 0.435 e. The summed E-state index contributed by atoms with van der Waals surface area (Å²) in [5, 5.41) is 1.06. The van der Waals surface area contributed by atoms with Gasteiger partial charge in [0, 0.05) is 5.56 Å². The molecule has 30 heavy (non-hydrogen) atoms. The van der Waals surface area contributed by atoms with Crippen LogP contribution in [0.3, 0.4) is 0 Å². The van der Waals surface area contributed by atoms with Gasteiger partial charge in [0.05, 0.1) is 23.4 Å². The van der Waals surface area contributed by atoms with Gasteiger partial charge in [0.15, 0.2) is 10.8 Å². The first kappa shape index (κ1) is 19.7. The molecule has 0 aliphatic carbocycles. The molecule has 1 N–H and O–H groups in total. The van der Waals surface area contributed by atoms with E-state index in [1.165, 1.54) is 11.3 Å². The van der Waals surface area contributed by atoms with Crippen LogP contribution in [-0.4, -0.2) is 34.8 Å². The highest BCUT2D eigenvalue weighted by molar-refractivity contribution is 7.23. The SMILES string of the molecule is CCOC(=O)NN(C(=O)OCC)c1c(-c2ccccc2)nc2sc3ccccc3n12. The lowest BCUT2D eigenvalue weighted by Gasteiger charge is -2.22. The molecule has 2 heterocycles. The van der Waals surface area contributed by atoms with Gasteiger partial charge >= 0.3 is 12.2 Å². The zero-order valence-corrected chi connectivity index (χ0v) is 17.3. The Balaban J connectivity index is 1.98. The number of benzene rings is 2. The molecule has 0 aliphatic heterocycles. The zero-order valence-electron chi connectivity index (χ0n) is 16.5. The predicted molar refractivity (Wildman–Crippen MR) is 116 cm³/mol. The quantitative estimate of drug-likeness (QED) is 0.474. The second kappa shape index (κ2) is 8.42. The Bertz CT molecular complexity index is 1200. The van der Waals surface area contributed by atoms with E-state index in [9.17, 15) is 9.59 Å². The summed E-state index contributed by atoms with van der Waals surface area (Å²) in [7, 11) is 0. The van der Waals surface area contributed by atoms with E-state index >= 15 is 0 Å². The molecule has 0 spiro atoms. The molecule has 0 atom stereocenters. The van der Waals surface area contributed by atoms with Gasteiger partial charge in [-0.2, -0.15) is 5.01 Å². The number of nitrogens with zero attached hydrogens (tertiary/aromatic N) is 3. The van der Waals surface area contributed by atoms with E-state index in [4.69, 9.17) is 14.5 Å². The molecule has 0 bridgehead atoms. The Kier molecular flexibility index (Phi) is 5.53. The third-order valence-electron chi connectivity index (χ3n) is 4.32. The first-order valence-electron chi connectivity index (χ1n) is 9.49. The van der Waals surface area contributed by atoms with Crippen molar-refractivity contribution in [1.82, 2.24) is 14.8 Å². The number of aromatic nitrogens is 2. The number of hydrogen-bond donors (Lipinski definition) is 1. The lowest BCUT2D eigenvalue weighted by Crippen LogP contribution is -2.47. The standard InChI is InChI=1S/C21H20N4O4S/c1-3-28-20(26)23-25(21(27)29-4-2)18-17(14-10-6-5-7-11-14)22-19-24(18)15-12-8-9-13-16(15)30-19/h5-13H,3-4H2,1-2H3,(H,23,26). The Labute approximate surface area is 176 Å². The van der Waals surface area contributed by atoms with E-state index in [0.29, 0.717) is 16.5 Å². The summed E-state index contributed by atoms with van der Waals surface area (Å²) in [6.45, 7) is 3.70. The average molecular weight is 424 g/mol. The predicted octanol–water partition coefficient (Wildman–Crippen LogP) is 4.84. The second-order valence-corrected chi connectivity index (χ2v) is 7.21.